The van der Waals surface area contributed by atoms with Crippen LogP contribution in [0.4, 0.5) is 22.1 Å². The van der Waals surface area contributed by atoms with E-state index < -0.39 is 0 Å². The fourth-order valence-corrected chi connectivity index (χ4v) is 3.16. The van der Waals surface area contributed by atoms with Crippen molar-refractivity contribution < 1.29 is 4.79 Å². The van der Waals surface area contributed by atoms with E-state index in [1.54, 1.807) is 12.1 Å². The number of nitrogens with zero attached hydrogens (tertiary/aromatic N) is 2. The zero-order valence-electron chi connectivity index (χ0n) is 13.3. The molecule has 0 unspecified atom stereocenters. The van der Waals surface area contributed by atoms with Crippen LogP contribution in [0.25, 0.3) is 0 Å². The molecule has 0 radical (unpaired) electrons. The molecule has 0 saturated heterocycles. The van der Waals surface area contributed by atoms with Crippen LogP contribution in [0.5, 0.6) is 0 Å². The molecule has 0 spiro atoms. The predicted octanol–water partition coefficient (Wildman–Crippen LogP) is 4.44. The molecule has 7 heteroatoms. The van der Waals surface area contributed by atoms with E-state index in [9.17, 15) is 4.79 Å². The summed E-state index contributed by atoms with van der Waals surface area (Å²) in [6, 6.07) is 11.3. The van der Waals surface area contributed by atoms with Gasteiger partial charge in [-0.25, -0.2) is 4.79 Å². The third-order valence-corrected chi connectivity index (χ3v) is 4.44. The number of hydrogen-bond acceptors (Lipinski definition) is 4. The summed E-state index contributed by atoms with van der Waals surface area (Å²) in [5.41, 5.74) is 0.912. The van der Waals surface area contributed by atoms with Crippen molar-refractivity contribution in [3.63, 3.8) is 0 Å². The number of benzene rings is 1. The highest BCUT2D eigenvalue weighted by Crippen LogP contribution is 2.20. The Balaban J connectivity index is 1.53. The molecule has 1 aliphatic carbocycles. The first kappa shape index (κ1) is 16.7. The van der Waals surface area contributed by atoms with Crippen molar-refractivity contribution in [2.75, 3.05) is 10.6 Å². The number of nitrogens with one attached hydrogen (secondary N) is 3. The Bertz CT molecular complexity index is 686. The van der Waals surface area contributed by atoms with Crippen molar-refractivity contribution in [1.82, 2.24) is 15.5 Å². The first-order chi connectivity index (χ1) is 11.7. The van der Waals surface area contributed by atoms with Crippen LogP contribution in [0.15, 0.2) is 40.9 Å². The Kier molecular flexibility index (Phi) is 5.63. The van der Waals surface area contributed by atoms with Crippen molar-refractivity contribution in [2.45, 2.75) is 38.1 Å². The van der Waals surface area contributed by atoms with Crippen LogP contribution in [0, 0.1) is 0 Å². The number of aromatic nitrogens is 2. The van der Waals surface area contributed by atoms with Gasteiger partial charge in [0.2, 0.25) is 0 Å². The highest BCUT2D eigenvalue weighted by Gasteiger charge is 2.15. The topological polar surface area (TPSA) is 78.9 Å². The lowest BCUT2D eigenvalue weighted by molar-refractivity contribution is 0.244. The van der Waals surface area contributed by atoms with E-state index in [-0.39, 0.29) is 12.1 Å². The standard InChI is InChI=1S/C17H20BrN5O/c18-12-5-4-8-14(11-12)19-15-9-10-16(23-22-15)21-17(24)20-13-6-2-1-3-7-13/h4-5,8-11,13H,1-3,6-7H2,(H,19,22)(H2,20,21,23,24). The summed E-state index contributed by atoms with van der Waals surface area (Å²) in [6.07, 6.45) is 5.72. The molecule has 2 aromatic rings. The van der Waals surface area contributed by atoms with Crippen LogP contribution in [0.2, 0.25) is 0 Å². The van der Waals surface area contributed by atoms with Gasteiger partial charge in [0.1, 0.15) is 0 Å². The minimum Gasteiger partial charge on any atom is -0.339 e. The molecule has 3 rings (SSSR count). The SMILES string of the molecule is O=C(Nc1ccc(Nc2cccc(Br)c2)nn1)NC1CCCCC1. The van der Waals surface area contributed by atoms with Crippen LogP contribution in [0.3, 0.4) is 0 Å². The fraction of sp³-hybridized carbons (Fsp3) is 0.353. The molecule has 0 aliphatic heterocycles. The number of urea groups is 1. The molecule has 0 atom stereocenters. The average Bonchev–Trinajstić information content (AvgIpc) is 2.57. The third-order valence-electron chi connectivity index (χ3n) is 3.94. The molecule has 6 nitrogen and oxygen atoms in total. The molecule has 126 valence electrons. The Labute approximate surface area is 149 Å². The molecule has 1 aliphatic rings. The molecule has 0 bridgehead atoms. The van der Waals surface area contributed by atoms with E-state index >= 15 is 0 Å². The second-order valence-corrected chi connectivity index (χ2v) is 6.79. The second-order valence-electron chi connectivity index (χ2n) is 5.87. The van der Waals surface area contributed by atoms with Crippen molar-refractivity contribution in [1.29, 1.82) is 0 Å². The molecule has 1 fully saturated rings. The number of anilines is 3. The van der Waals surface area contributed by atoms with E-state index in [1.807, 2.05) is 24.3 Å². The van der Waals surface area contributed by atoms with Gasteiger partial charge in [-0.2, -0.15) is 0 Å². The van der Waals surface area contributed by atoms with E-state index in [4.69, 9.17) is 0 Å². The maximum atomic E-state index is 12.0. The summed E-state index contributed by atoms with van der Waals surface area (Å²) >= 11 is 3.42. The summed E-state index contributed by atoms with van der Waals surface area (Å²) in [4.78, 5) is 12.0. The van der Waals surface area contributed by atoms with Gasteiger partial charge in [-0.3, -0.25) is 5.32 Å². The predicted molar refractivity (Wildman–Crippen MR) is 98.5 cm³/mol. The van der Waals surface area contributed by atoms with Gasteiger partial charge in [0, 0.05) is 16.2 Å². The lowest BCUT2D eigenvalue weighted by Crippen LogP contribution is -2.39. The molecule has 1 aromatic heterocycles. The molecule has 3 N–H and O–H groups in total. The Morgan fingerprint density at radius 3 is 2.50 bits per heavy atom. The highest BCUT2D eigenvalue weighted by molar-refractivity contribution is 9.10. The van der Waals surface area contributed by atoms with Crippen LogP contribution >= 0.6 is 15.9 Å². The smallest absolute Gasteiger partial charge is 0.320 e. The van der Waals surface area contributed by atoms with Crippen molar-refractivity contribution in [3.05, 3.63) is 40.9 Å². The number of hydrogen-bond donors (Lipinski definition) is 3. The van der Waals surface area contributed by atoms with Crippen LogP contribution in [-0.2, 0) is 0 Å². The minimum absolute atomic E-state index is 0.219. The monoisotopic (exact) mass is 389 g/mol. The first-order valence-corrected chi connectivity index (χ1v) is 8.92. The third kappa shape index (κ3) is 4.92. The van der Waals surface area contributed by atoms with Gasteiger partial charge < -0.3 is 10.6 Å². The summed E-state index contributed by atoms with van der Waals surface area (Å²) in [5, 5.41) is 17.0. The van der Waals surface area contributed by atoms with Gasteiger partial charge in [-0.15, -0.1) is 10.2 Å². The minimum atomic E-state index is -0.219. The van der Waals surface area contributed by atoms with Gasteiger partial charge in [-0.05, 0) is 43.2 Å². The Morgan fingerprint density at radius 1 is 1.04 bits per heavy atom. The quantitative estimate of drug-likeness (QED) is 0.721. The molecule has 1 heterocycles. The van der Waals surface area contributed by atoms with Gasteiger partial charge >= 0.3 is 6.03 Å². The molecule has 1 saturated carbocycles. The average molecular weight is 390 g/mol. The first-order valence-electron chi connectivity index (χ1n) is 8.13. The lowest BCUT2D eigenvalue weighted by Gasteiger charge is -2.22. The van der Waals surface area contributed by atoms with Gasteiger partial charge in [-0.1, -0.05) is 41.3 Å². The summed E-state index contributed by atoms with van der Waals surface area (Å²) in [6.45, 7) is 0. The molecular weight excluding hydrogens is 370 g/mol. The lowest BCUT2D eigenvalue weighted by atomic mass is 9.96. The second kappa shape index (κ2) is 8.10. The van der Waals surface area contributed by atoms with Crippen LogP contribution in [-0.4, -0.2) is 22.3 Å². The van der Waals surface area contributed by atoms with Crippen molar-refractivity contribution in [2.24, 2.45) is 0 Å². The van der Waals surface area contributed by atoms with Crippen molar-refractivity contribution >= 4 is 39.3 Å². The fourth-order valence-electron chi connectivity index (χ4n) is 2.76. The number of carbonyl (C=O) groups is 1. The Morgan fingerprint density at radius 2 is 1.79 bits per heavy atom. The van der Waals surface area contributed by atoms with Crippen LogP contribution in [0.1, 0.15) is 32.1 Å². The number of rotatable bonds is 4. The maximum absolute atomic E-state index is 12.0. The van der Waals surface area contributed by atoms with Gasteiger partial charge in [0.25, 0.3) is 0 Å². The highest BCUT2D eigenvalue weighted by atomic mass is 79.9. The Hall–Kier alpha value is -2.15. The molecule has 24 heavy (non-hydrogen) atoms. The van der Waals surface area contributed by atoms with E-state index in [0.717, 1.165) is 23.0 Å². The zero-order chi connectivity index (χ0) is 16.8. The summed E-state index contributed by atoms with van der Waals surface area (Å²) in [5.74, 6) is 1.05. The molecular formula is C17H20BrN5O. The zero-order valence-corrected chi connectivity index (χ0v) is 14.8. The van der Waals surface area contributed by atoms with Crippen LogP contribution < -0.4 is 16.0 Å². The van der Waals surface area contributed by atoms with Gasteiger partial charge in [0.15, 0.2) is 11.6 Å². The molecule has 2 amide bonds. The maximum Gasteiger partial charge on any atom is 0.320 e. The normalized spacial score (nSPS) is 14.9. The summed E-state index contributed by atoms with van der Waals surface area (Å²) < 4.78 is 0.984. The van der Waals surface area contributed by atoms with E-state index in [2.05, 4.69) is 42.1 Å². The van der Waals surface area contributed by atoms with E-state index in [0.29, 0.717) is 11.6 Å². The molecule has 1 aromatic carbocycles. The number of amides is 2. The summed E-state index contributed by atoms with van der Waals surface area (Å²) in [7, 11) is 0. The van der Waals surface area contributed by atoms with Gasteiger partial charge in [0.05, 0.1) is 0 Å². The largest absolute Gasteiger partial charge is 0.339 e. The van der Waals surface area contributed by atoms with E-state index in [1.165, 1.54) is 19.3 Å². The van der Waals surface area contributed by atoms with Crippen molar-refractivity contribution in [3.8, 4) is 0 Å². The number of carbonyl (C=O) groups excluding carboxylic acids is 1. The number of halogens is 1.